The van der Waals surface area contributed by atoms with E-state index in [0.717, 1.165) is 19.4 Å². The Morgan fingerprint density at radius 3 is 2.48 bits per heavy atom. The summed E-state index contributed by atoms with van der Waals surface area (Å²) < 4.78 is 5.18. The lowest BCUT2D eigenvalue weighted by Crippen LogP contribution is -2.32. The molecule has 0 aliphatic carbocycles. The Kier molecular flexibility index (Phi) is 9.79. The van der Waals surface area contributed by atoms with Gasteiger partial charge in [-0.25, -0.2) is 0 Å². The van der Waals surface area contributed by atoms with Crippen molar-refractivity contribution in [3.05, 3.63) is 51.6 Å². The third-order valence-corrected chi connectivity index (χ3v) is 4.78. The van der Waals surface area contributed by atoms with Gasteiger partial charge in [0.2, 0.25) is 0 Å². The molecule has 2 rings (SSSR count). The highest BCUT2D eigenvalue weighted by atomic mass is 16.6. The van der Waals surface area contributed by atoms with Crippen molar-refractivity contribution in [1.82, 2.24) is 10.2 Å². The summed E-state index contributed by atoms with van der Waals surface area (Å²) in [6, 6.07) is 4.25. The number of carbonyl (C=O) groups is 3. The van der Waals surface area contributed by atoms with Gasteiger partial charge in [-0.05, 0) is 50.0 Å². The maximum absolute atomic E-state index is 11.8. The molecule has 1 aromatic carbocycles. The average molecular weight is 433 g/mol. The van der Waals surface area contributed by atoms with Gasteiger partial charge in [0, 0.05) is 31.2 Å². The van der Waals surface area contributed by atoms with Crippen molar-refractivity contribution in [2.75, 3.05) is 19.6 Å². The normalized spacial score (nSPS) is 13.1. The Hall–Kier alpha value is -3.11. The molecular weight excluding hydrogens is 406 g/mol. The van der Waals surface area contributed by atoms with Crippen molar-refractivity contribution in [3.8, 4) is 0 Å². The molecule has 0 saturated heterocycles. The van der Waals surface area contributed by atoms with E-state index in [1.165, 1.54) is 35.3 Å². The summed E-state index contributed by atoms with van der Waals surface area (Å²) in [4.78, 5) is 46.1. The fourth-order valence-electron chi connectivity index (χ4n) is 3.10. The number of nitrogens with zero attached hydrogens (tertiary/aromatic N) is 2. The first kappa shape index (κ1) is 24.2. The summed E-state index contributed by atoms with van der Waals surface area (Å²) in [6.45, 7) is 1.42. The lowest BCUT2D eigenvalue weighted by Gasteiger charge is -2.13. The predicted molar refractivity (Wildman–Crippen MR) is 111 cm³/mol. The number of unbranched alkanes of at least 4 members (excludes halogenated alkanes) is 2. The maximum Gasteiger partial charge on any atom is 0.306 e. The van der Waals surface area contributed by atoms with Crippen LogP contribution in [0.5, 0.6) is 0 Å². The average Bonchev–Trinajstić information content (AvgIpc) is 3.08. The number of hydrogen-bond donors (Lipinski definition) is 2. The topological polar surface area (TPSA) is 139 Å². The van der Waals surface area contributed by atoms with E-state index in [2.05, 4.69) is 5.32 Å². The van der Waals surface area contributed by atoms with Crippen LogP contribution in [0.1, 0.15) is 43.2 Å². The first-order valence-corrected chi connectivity index (χ1v) is 10.2. The van der Waals surface area contributed by atoms with Crippen LogP contribution in [-0.2, 0) is 32.3 Å². The molecule has 10 heteroatoms. The summed E-state index contributed by atoms with van der Waals surface area (Å²) in [5, 5.41) is 23.3. The van der Waals surface area contributed by atoms with E-state index in [-0.39, 0.29) is 42.1 Å². The van der Waals surface area contributed by atoms with E-state index in [4.69, 9.17) is 4.74 Å². The molecule has 0 fully saturated rings. The molecule has 1 aliphatic heterocycles. The molecule has 2 amide bonds. The van der Waals surface area contributed by atoms with Gasteiger partial charge in [-0.2, -0.15) is 0 Å². The number of imide groups is 1. The second-order valence-electron chi connectivity index (χ2n) is 7.11. The van der Waals surface area contributed by atoms with Crippen LogP contribution < -0.4 is 5.32 Å². The molecule has 0 radical (unpaired) electrons. The van der Waals surface area contributed by atoms with Crippen molar-refractivity contribution < 1.29 is 29.2 Å². The standard InChI is InChI=1S/C21H27N3O7/c25-14-17-13-16(6-7-18(17)24(29)30)15-31-21(28)5-2-1-3-10-22-11-4-12-23-19(26)8-9-20(23)27/h6-9,13,22,25H,1-5,10-12,14-15H2. The van der Waals surface area contributed by atoms with Gasteiger partial charge >= 0.3 is 5.97 Å². The van der Waals surface area contributed by atoms with Gasteiger partial charge in [0.05, 0.1) is 17.1 Å². The number of aliphatic hydroxyl groups is 1. The van der Waals surface area contributed by atoms with E-state index >= 15 is 0 Å². The number of nitro groups is 1. The molecule has 0 saturated carbocycles. The Labute approximate surface area is 180 Å². The largest absolute Gasteiger partial charge is 0.461 e. The third kappa shape index (κ3) is 7.91. The van der Waals surface area contributed by atoms with Gasteiger partial charge in [0.1, 0.15) is 6.61 Å². The minimum Gasteiger partial charge on any atom is -0.461 e. The lowest BCUT2D eigenvalue weighted by atomic mass is 10.1. The number of benzene rings is 1. The molecule has 0 unspecified atom stereocenters. The smallest absolute Gasteiger partial charge is 0.306 e. The highest BCUT2D eigenvalue weighted by molar-refractivity contribution is 6.12. The Morgan fingerprint density at radius 2 is 1.81 bits per heavy atom. The highest BCUT2D eigenvalue weighted by Crippen LogP contribution is 2.20. The molecule has 0 aromatic heterocycles. The van der Waals surface area contributed by atoms with Crippen LogP contribution >= 0.6 is 0 Å². The Bertz CT molecular complexity index is 820. The summed E-state index contributed by atoms with van der Waals surface area (Å²) in [5.41, 5.74) is 0.600. The second-order valence-corrected chi connectivity index (χ2v) is 7.11. The Morgan fingerprint density at radius 1 is 1.10 bits per heavy atom. The zero-order valence-electron chi connectivity index (χ0n) is 17.2. The number of nitrogens with one attached hydrogen (secondary N) is 1. The van der Waals surface area contributed by atoms with Crippen molar-refractivity contribution in [2.24, 2.45) is 0 Å². The zero-order chi connectivity index (χ0) is 22.6. The van der Waals surface area contributed by atoms with Gasteiger partial charge in [0.15, 0.2) is 0 Å². The van der Waals surface area contributed by atoms with Crippen LogP contribution in [0.2, 0.25) is 0 Å². The molecule has 168 valence electrons. The van der Waals surface area contributed by atoms with E-state index in [0.29, 0.717) is 31.5 Å². The quantitative estimate of drug-likeness (QED) is 0.148. The van der Waals surface area contributed by atoms with Crippen molar-refractivity contribution in [3.63, 3.8) is 0 Å². The fraction of sp³-hybridized carbons (Fsp3) is 0.476. The number of esters is 1. The first-order valence-electron chi connectivity index (χ1n) is 10.2. The van der Waals surface area contributed by atoms with Gasteiger partial charge in [-0.3, -0.25) is 29.4 Å². The van der Waals surface area contributed by atoms with Crippen LogP contribution in [0.15, 0.2) is 30.4 Å². The van der Waals surface area contributed by atoms with Gasteiger partial charge in [-0.15, -0.1) is 0 Å². The fourth-order valence-corrected chi connectivity index (χ4v) is 3.10. The highest BCUT2D eigenvalue weighted by Gasteiger charge is 2.22. The number of carbonyl (C=O) groups excluding carboxylic acids is 3. The first-order chi connectivity index (χ1) is 14.9. The molecule has 1 heterocycles. The number of amides is 2. The lowest BCUT2D eigenvalue weighted by molar-refractivity contribution is -0.385. The molecule has 31 heavy (non-hydrogen) atoms. The van der Waals surface area contributed by atoms with Crippen molar-refractivity contribution >= 4 is 23.5 Å². The monoisotopic (exact) mass is 433 g/mol. The van der Waals surface area contributed by atoms with Crippen molar-refractivity contribution in [1.29, 1.82) is 0 Å². The molecular formula is C21H27N3O7. The summed E-state index contributed by atoms with van der Waals surface area (Å²) in [6.07, 6.45) is 5.95. The van der Waals surface area contributed by atoms with Crippen LogP contribution in [0, 0.1) is 10.1 Å². The van der Waals surface area contributed by atoms with E-state index in [9.17, 15) is 29.6 Å². The number of ether oxygens (including phenoxy) is 1. The minimum atomic E-state index is -0.566. The van der Waals surface area contributed by atoms with Crippen LogP contribution in [0.4, 0.5) is 5.69 Å². The number of aliphatic hydroxyl groups excluding tert-OH is 1. The molecule has 1 aromatic rings. The molecule has 10 nitrogen and oxygen atoms in total. The number of rotatable bonds is 14. The molecule has 1 aliphatic rings. The SMILES string of the molecule is O=C(CCCCCNCCCN1C(=O)C=CC1=O)OCc1ccc([N+](=O)[O-])c(CO)c1. The molecule has 0 bridgehead atoms. The number of nitro benzene ring substituents is 1. The van der Waals surface area contributed by atoms with Gasteiger partial charge < -0.3 is 15.2 Å². The van der Waals surface area contributed by atoms with E-state index in [1.807, 2.05) is 0 Å². The van der Waals surface area contributed by atoms with Gasteiger partial charge in [0.25, 0.3) is 17.5 Å². The third-order valence-electron chi connectivity index (χ3n) is 4.78. The maximum atomic E-state index is 11.8. The van der Waals surface area contributed by atoms with Crippen LogP contribution in [0.3, 0.4) is 0 Å². The second kappa shape index (κ2) is 12.6. The summed E-state index contributed by atoms with van der Waals surface area (Å²) >= 11 is 0. The molecule has 0 spiro atoms. The van der Waals surface area contributed by atoms with E-state index < -0.39 is 11.5 Å². The van der Waals surface area contributed by atoms with Crippen molar-refractivity contribution in [2.45, 2.75) is 45.3 Å². The molecule has 2 N–H and O–H groups in total. The zero-order valence-corrected chi connectivity index (χ0v) is 17.2. The predicted octanol–water partition coefficient (Wildman–Crippen LogP) is 1.60. The summed E-state index contributed by atoms with van der Waals surface area (Å²) in [7, 11) is 0. The van der Waals surface area contributed by atoms with E-state index in [1.54, 1.807) is 0 Å². The summed E-state index contributed by atoms with van der Waals surface area (Å²) in [5.74, 6) is -0.871. The number of hydrogen-bond acceptors (Lipinski definition) is 8. The minimum absolute atomic E-state index is 0.00290. The molecule has 0 atom stereocenters. The van der Waals surface area contributed by atoms with Crippen LogP contribution in [0.25, 0.3) is 0 Å². The van der Waals surface area contributed by atoms with Gasteiger partial charge in [-0.1, -0.05) is 6.42 Å². The van der Waals surface area contributed by atoms with Crippen LogP contribution in [-0.4, -0.2) is 52.3 Å². The Balaban J connectivity index is 1.50.